The summed E-state index contributed by atoms with van der Waals surface area (Å²) < 4.78 is 16.0. The molecule has 1 fully saturated rings. The molecule has 1 aromatic rings. The van der Waals surface area contributed by atoms with Crippen molar-refractivity contribution in [3.8, 4) is 11.5 Å². The largest absolute Gasteiger partial charge is 0.493 e. The molecule has 2 aliphatic heterocycles. The van der Waals surface area contributed by atoms with Gasteiger partial charge in [-0.2, -0.15) is 0 Å². The van der Waals surface area contributed by atoms with E-state index in [1.807, 2.05) is 18.2 Å². The summed E-state index contributed by atoms with van der Waals surface area (Å²) in [5, 5.41) is 12.2. The third-order valence-corrected chi connectivity index (χ3v) is 4.65. The van der Waals surface area contributed by atoms with E-state index in [9.17, 15) is 14.7 Å². The summed E-state index contributed by atoms with van der Waals surface area (Å²) in [5.41, 5.74) is 0.983. The van der Waals surface area contributed by atoms with Crippen molar-refractivity contribution in [2.24, 2.45) is 11.8 Å². The van der Waals surface area contributed by atoms with Crippen molar-refractivity contribution in [3.05, 3.63) is 35.9 Å². The maximum Gasteiger partial charge on any atom is 0.310 e. The van der Waals surface area contributed by atoms with Crippen LogP contribution < -0.4 is 14.8 Å². The lowest BCUT2D eigenvalue weighted by Crippen LogP contribution is -2.43. The van der Waals surface area contributed by atoms with Crippen LogP contribution >= 0.6 is 0 Å². The number of amides is 1. The van der Waals surface area contributed by atoms with Gasteiger partial charge in [-0.05, 0) is 24.1 Å². The number of aliphatic carboxylic acids is 1. The SMILES string of the molecule is COc1ccc(CCNC(=O)[C@@H]2[C@H](C(=O)O)[C@H]3C=C[C@H]2O3)cc1OC. The number of benzene rings is 1. The van der Waals surface area contributed by atoms with Gasteiger partial charge in [0, 0.05) is 6.54 Å². The average Bonchev–Trinajstić information content (AvgIpc) is 3.22. The average molecular weight is 347 g/mol. The Morgan fingerprint density at radius 1 is 1.12 bits per heavy atom. The normalized spacial score (nSPS) is 26.5. The van der Waals surface area contributed by atoms with Gasteiger partial charge in [0.15, 0.2) is 11.5 Å². The van der Waals surface area contributed by atoms with Gasteiger partial charge in [-0.1, -0.05) is 18.2 Å². The maximum atomic E-state index is 12.4. The fraction of sp³-hybridized carbons (Fsp3) is 0.444. The number of rotatable bonds is 7. The summed E-state index contributed by atoms with van der Waals surface area (Å²) >= 11 is 0. The molecule has 1 amide bonds. The Hall–Kier alpha value is -2.54. The highest BCUT2D eigenvalue weighted by Gasteiger charge is 2.53. The van der Waals surface area contributed by atoms with E-state index in [4.69, 9.17) is 14.2 Å². The molecular weight excluding hydrogens is 326 g/mol. The van der Waals surface area contributed by atoms with Crippen molar-refractivity contribution >= 4 is 11.9 Å². The molecule has 25 heavy (non-hydrogen) atoms. The Balaban J connectivity index is 1.58. The van der Waals surface area contributed by atoms with Gasteiger partial charge in [0.05, 0.1) is 32.3 Å². The molecule has 2 heterocycles. The first-order valence-corrected chi connectivity index (χ1v) is 8.10. The monoisotopic (exact) mass is 347 g/mol. The van der Waals surface area contributed by atoms with Crippen molar-refractivity contribution in [2.45, 2.75) is 18.6 Å². The lowest BCUT2D eigenvalue weighted by Gasteiger charge is -2.21. The zero-order chi connectivity index (χ0) is 18.0. The van der Waals surface area contributed by atoms with Crippen LogP contribution in [0.15, 0.2) is 30.4 Å². The molecule has 0 spiro atoms. The number of carboxylic acids is 1. The summed E-state index contributed by atoms with van der Waals surface area (Å²) in [6.07, 6.45) is 3.12. The van der Waals surface area contributed by atoms with E-state index in [-0.39, 0.29) is 5.91 Å². The highest BCUT2D eigenvalue weighted by molar-refractivity contribution is 5.87. The Morgan fingerprint density at radius 3 is 2.44 bits per heavy atom. The number of carbonyl (C=O) groups excluding carboxylic acids is 1. The molecule has 4 atom stereocenters. The number of ether oxygens (including phenoxy) is 3. The highest BCUT2D eigenvalue weighted by atomic mass is 16.5. The summed E-state index contributed by atoms with van der Waals surface area (Å²) in [6, 6.07) is 5.57. The second kappa shape index (κ2) is 7.14. The molecule has 7 heteroatoms. The van der Waals surface area contributed by atoms with E-state index >= 15 is 0 Å². The number of hydrogen-bond donors (Lipinski definition) is 2. The first-order chi connectivity index (χ1) is 12.0. The third-order valence-electron chi connectivity index (χ3n) is 4.65. The predicted octanol–water partition coefficient (Wildman–Crippen LogP) is 1.02. The van der Waals surface area contributed by atoms with Gasteiger partial charge in [0.2, 0.25) is 5.91 Å². The first-order valence-electron chi connectivity index (χ1n) is 8.10. The Labute approximate surface area is 145 Å². The smallest absolute Gasteiger partial charge is 0.310 e. The van der Waals surface area contributed by atoms with E-state index in [2.05, 4.69) is 5.32 Å². The van der Waals surface area contributed by atoms with Gasteiger partial charge in [0.25, 0.3) is 0 Å². The number of nitrogens with one attached hydrogen (secondary N) is 1. The second-order valence-corrected chi connectivity index (χ2v) is 6.07. The zero-order valence-corrected chi connectivity index (χ0v) is 14.1. The number of carboxylic acid groups (broad SMARTS) is 1. The van der Waals surface area contributed by atoms with E-state index in [1.54, 1.807) is 26.4 Å². The van der Waals surface area contributed by atoms with Crippen LogP contribution in [0.5, 0.6) is 11.5 Å². The Kier molecular flexibility index (Phi) is 4.94. The molecular formula is C18H21NO6. The predicted molar refractivity (Wildman–Crippen MR) is 88.7 cm³/mol. The van der Waals surface area contributed by atoms with Gasteiger partial charge < -0.3 is 24.6 Å². The van der Waals surface area contributed by atoms with Crippen LogP contribution in [0.3, 0.4) is 0 Å². The van der Waals surface area contributed by atoms with Crippen LogP contribution in [0.25, 0.3) is 0 Å². The molecule has 0 unspecified atom stereocenters. The summed E-state index contributed by atoms with van der Waals surface area (Å²) in [6.45, 7) is 0.401. The maximum absolute atomic E-state index is 12.4. The molecule has 3 rings (SSSR count). The fourth-order valence-corrected chi connectivity index (χ4v) is 3.40. The first kappa shape index (κ1) is 17.3. The van der Waals surface area contributed by atoms with Crippen LogP contribution in [-0.2, 0) is 20.7 Å². The number of methoxy groups -OCH3 is 2. The standard InChI is InChI=1S/C18H21NO6/c1-23-11-4-3-10(9-14(11)24-2)7-8-19-17(20)15-12-5-6-13(25-12)16(15)18(21)22/h3-6,9,12-13,15-16H,7-8H2,1-2H3,(H,19,20)(H,21,22)/t12-,13-,15+,16-/m1/s1. The minimum absolute atomic E-state index is 0.287. The van der Waals surface area contributed by atoms with Gasteiger partial charge in [-0.25, -0.2) is 0 Å². The molecule has 1 saturated heterocycles. The molecule has 2 aliphatic rings. The van der Waals surface area contributed by atoms with Gasteiger partial charge in [-0.3, -0.25) is 9.59 Å². The van der Waals surface area contributed by atoms with Crippen LogP contribution in [0.1, 0.15) is 5.56 Å². The van der Waals surface area contributed by atoms with Crippen molar-refractivity contribution in [1.82, 2.24) is 5.32 Å². The topological polar surface area (TPSA) is 94.1 Å². The molecule has 2 N–H and O–H groups in total. The van der Waals surface area contributed by atoms with Crippen LogP contribution in [0.2, 0.25) is 0 Å². The number of fused-ring (bicyclic) bond motifs is 2. The quantitative estimate of drug-likeness (QED) is 0.715. The zero-order valence-electron chi connectivity index (χ0n) is 14.1. The number of hydrogen-bond acceptors (Lipinski definition) is 5. The molecule has 0 saturated carbocycles. The Morgan fingerprint density at radius 2 is 1.80 bits per heavy atom. The summed E-state index contributed by atoms with van der Waals surface area (Å²) in [7, 11) is 3.14. The second-order valence-electron chi connectivity index (χ2n) is 6.07. The van der Waals surface area contributed by atoms with E-state index < -0.39 is 30.0 Å². The van der Waals surface area contributed by atoms with Crippen LogP contribution in [0.4, 0.5) is 0 Å². The fourth-order valence-electron chi connectivity index (χ4n) is 3.40. The van der Waals surface area contributed by atoms with E-state index in [0.29, 0.717) is 24.5 Å². The molecule has 0 aromatic heterocycles. The van der Waals surface area contributed by atoms with E-state index in [1.165, 1.54) is 0 Å². The van der Waals surface area contributed by atoms with E-state index in [0.717, 1.165) is 5.56 Å². The van der Waals surface area contributed by atoms with Gasteiger partial charge >= 0.3 is 5.97 Å². The Bertz CT molecular complexity index is 701. The summed E-state index contributed by atoms with van der Waals surface area (Å²) in [5.74, 6) is -1.52. The van der Waals surface area contributed by atoms with Crippen molar-refractivity contribution in [3.63, 3.8) is 0 Å². The minimum atomic E-state index is -1.00. The van der Waals surface area contributed by atoms with Crippen molar-refractivity contribution in [1.29, 1.82) is 0 Å². The lowest BCUT2D eigenvalue weighted by atomic mass is 9.82. The third kappa shape index (κ3) is 3.32. The van der Waals surface area contributed by atoms with Gasteiger partial charge in [0.1, 0.15) is 5.92 Å². The molecule has 0 aliphatic carbocycles. The summed E-state index contributed by atoms with van der Waals surface area (Å²) in [4.78, 5) is 23.8. The molecule has 2 bridgehead atoms. The number of carbonyl (C=O) groups is 2. The molecule has 0 radical (unpaired) electrons. The van der Waals surface area contributed by atoms with Gasteiger partial charge in [-0.15, -0.1) is 0 Å². The molecule has 7 nitrogen and oxygen atoms in total. The van der Waals surface area contributed by atoms with Crippen LogP contribution in [-0.4, -0.2) is 50.0 Å². The minimum Gasteiger partial charge on any atom is -0.493 e. The molecule has 1 aromatic carbocycles. The van der Waals surface area contributed by atoms with Crippen LogP contribution in [0, 0.1) is 11.8 Å². The molecule has 134 valence electrons. The van der Waals surface area contributed by atoms with Crippen molar-refractivity contribution < 1.29 is 28.9 Å². The lowest BCUT2D eigenvalue weighted by molar-refractivity contribution is -0.146. The highest BCUT2D eigenvalue weighted by Crippen LogP contribution is 2.39. The van der Waals surface area contributed by atoms with Crippen molar-refractivity contribution in [2.75, 3.05) is 20.8 Å².